The quantitative estimate of drug-likeness (QED) is 0.471. The second-order valence-corrected chi connectivity index (χ2v) is 14.5. The van der Waals surface area contributed by atoms with Crippen molar-refractivity contribution in [3.8, 4) is 0 Å². The number of aliphatic carboxylic acids is 1. The Morgan fingerprint density at radius 1 is 1.00 bits per heavy atom. The number of aliphatic hydroxyl groups is 1. The van der Waals surface area contributed by atoms with Crippen molar-refractivity contribution in [2.24, 2.45) is 44.3 Å². The molecule has 0 amide bonds. The minimum atomic E-state index is -0.947. The molecule has 0 aromatic heterocycles. The van der Waals surface area contributed by atoms with Gasteiger partial charge < -0.3 is 10.2 Å². The number of carboxylic acid groups (broad SMARTS) is 1. The highest BCUT2D eigenvalue weighted by atomic mass is 16.4. The zero-order valence-electron chi connectivity index (χ0n) is 22.3. The number of carbonyl (C=O) groups excluding carboxylic acids is 1. The fourth-order valence-electron chi connectivity index (χ4n) is 9.74. The normalized spacial score (nSPS) is 48.9. The summed E-state index contributed by atoms with van der Waals surface area (Å²) >= 11 is 0. The number of rotatable bonds is 1. The average Bonchev–Trinajstić information content (AvgIpc) is 2.72. The van der Waals surface area contributed by atoms with Crippen molar-refractivity contribution < 1.29 is 19.8 Å². The van der Waals surface area contributed by atoms with Gasteiger partial charge in [0.2, 0.25) is 0 Å². The number of ketones is 1. The van der Waals surface area contributed by atoms with Gasteiger partial charge in [-0.15, -0.1) is 0 Å². The lowest BCUT2D eigenvalue weighted by molar-refractivity contribution is -0.170. The second kappa shape index (κ2) is 6.87. The Morgan fingerprint density at radius 2 is 1.68 bits per heavy atom. The smallest absolute Gasteiger partial charge is 0.313 e. The molecule has 3 fully saturated rings. The molecule has 0 radical (unpaired) electrons. The van der Waals surface area contributed by atoms with Gasteiger partial charge in [0.15, 0.2) is 0 Å². The van der Waals surface area contributed by atoms with Gasteiger partial charge in [0.05, 0.1) is 11.5 Å². The molecule has 0 spiro atoms. The third kappa shape index (κ3) is 2.70. The second-order valence-electron chi connectivity index (χ2n) is 14.5. The van der Waals surface area contributed by atoms with Gasteiger partial charge in [0.25, 0.3) is 0 Å². The Balaban J connectivity index is 1.69. The minimum absolute atomic E-state index is 0.0245. The number of hydrogen-bond donors (Lipinski definition) is 2. The summed E-state index contributed by atoms with van der Waals surface area (Å²) in [5.41, 5.74) is 0.759. The minimum Gasteiger partial charge on any atom is -0.481 e. The first-order valence-corrected chi connectivity index (χ1v) is 13.4. The molecule has 0 saturated heterocycles. The van der Waals surface area contributed by atoms with Gasteiger partial charge in [-0.05, 0) is 89.6 Å². The monoisotopic (exact) mass is 468 g/mol. The molecule has 0 unspecified atom stereocenters. The van der Waals surface area contributed by atoms with Crippen LogP contribution >= 0.6 is 0 Å². The zero-order chi connectivity index (χ0) is 25.1. The predicted molar refractivity (Wildman–Crippen MR) is 133 cm³/mol. The van der Waals surface area contributed by atoms with Crippen LogP contribution in [0.15, 0.2) is 23.3 Å². The first-order valence-electron chi connectivity index (χ1n) is 13.4. The molecule has 7 atom stereocenters. The number of fused-ring (bicyclic) bond motifs is 6. The number of hydrogen-bond acceptors (Lipinski definition) is 3. The van der Waals surface area contributed by atoms with Gasteiger partial charge in [-0.25, -0.2) is 0 Å². The number of carbonyl (C=O) groups is 2. The summed E-state index contributed by atoms with van der Waals surface area (Å²) in [5, 5.41) is 21.4. The van der Waals surface area contributed by atoms with Gasteiger partial charge in [-0.2, -0.15) is 0 Å². The number of Topliss-reactive ketones (excluding diaryl/α,β-unsaturated/α-hetero) is 1. The molecule has 5 aliphatic carbocycles. The lowest BCUT2D eigenvalue weighted by Gasteiger charge is -2.68. The molecule has 0 aliphatic heterocycles. The Labute approximate surface area is 205 Å². The molecule has 5 rings (SSSR count). The topological polar surface area (TPSA) is 74.6 Å². The summed E-state index contributed by atoms with van der Waals surface area (Å²) in [5.74, 6) is 0.405. The van der Waals surface area contributed by atoms with Crippen LogP contribution in [0.1, 0.15) is 99.8 Å². The average molecular weight is 469 g/mol. The number of carboxylic acids is 1. The van der Waals surface area contributed by atoms with Crippen molar-refractivity contribution in [1.82, 2.24) is 0 Å². The van der Waals surface area contributed by atoms with Crippen molar-refractivity contribution >= 4 is 11.8 Å². The maximum absolute atomic E-state index is 12.9. The van der Waals surface area contributed by atoms with E-state index in [4.69, 9.17) is 0 Å². The van der Waals surface area contributed by atoms with E-state index in [1.54, 1.807) is 0 Å². The molecule has 34 heavy (non-hydrogen) atoms. The molecule has 188 valence electrons. The summed E-state index contributed by atoms with van der Waals surface area (Å²) in [6.45, 7) is 15.8. The number of allylic oxidation sites excluding steroid dienone is 3. The summed E-state index contributed by atoms with van der Waals surface area (Å²) in [6, 6.07) is 0. The summed E-state index contributed by atoms with van der Waals surface area (Å²) in [6.07, 6.45) is 10.2. The molecule has 0 aromatic rings. The van der Waals surface area contributed by atoms with Crippen LogP contribution in [0.3, 0.4) is 0 Å². The van der Waals surface area contributed by atoms with Crippen molar-refractivity contribution in [3.05, 3.63) is 23.3 Å². The Hall–Kier alpha value is -1.42. The summed E-state index contributed by atoms with van der Waals surface area (Å²) in [7, 11) is 0. The van der Waals surface area contributed by atoms with Crippen molar-refractivity contribution in [1.29, 1.82) is 0 Å². The fourth-order valence-corrected chi connectivity index (χ4v) is 9.74. The van der Waals surface area contributed by atoms with E-state index in [1.165, 1.54) is 5.57 Å². The van der Waals surface area contributed by atoms with Crippen LogP contribution in [0, 0.1) is 44.3 Å². The van der Waals surface area contributed by atoms with E-state index >= 15 is 0 Å². The molecule has 4 heteroatoms. The highest BCUT2D eigenvalue weighted by Gasteiger charge is 2.67. The molecular weight excluding hydrogens is 424 g/mol. The maximum atomic E-state index is 12.9. The van der Waals surface area contributed by atoms with Gasteiger partial charge in [-0.3, -0.25) is 9.59 Å². The van der Waals surface area contributed by atoms with Crippen LogP contribution in [-0.2, 0) is 9.59 Å². The number of aliphatic hydroxyl groups excluding tert-OH is 1. The first kappa shape index (κ1) is 24.3. The van der Waals surface area contributed by atoms with Crippen LogP contribution in [0.2, 0.25) is 0 Å². The van der Waals surface area contributed by atoms with E-state index in [1.807, 2.05) is 0 Å². The molecule has 3 saturated carbocycles. The Kier molecular flexibility index (Phi) is 4.90. The van der Waals surface area contributed by atoms with E-state index in [0.29, 0.717) is 43.3 Å². The van der Waals surface area contributed by atoms with Gasteiger partial charge in [-0.1, -0.05) is 60.6 Å². The van der Waals surface area contributed by atoms with Gasteiger partial charge in [0, 0.05) is 11.8 Å². The van der Waals surface area contributed by atoms with Crippen molar-refractivity contribution in [2.75, 3.05) is 0 Å². The molecule has 0 heterocycles. The van der Waals surface area contributed by atoms with Crippen LogP contribution < -0.4 is 0 Å². The lowest BCUT2D eigenvalue weighted by Crippen LogP contribution is -2.63. The fraction of sp³-hybridized carbons (Fsp3) is 0.800. The molecule has 2 N–H and O–H groups in total. The van der Waals surface area contributed by atoms with Crippen molar-refractivity contribution in [2.45, 2.75) is 106 Å². The molecule has 0 bridgehead atoms. The highest BCUT2D eigenvalue weighted by molar-refractivity contribution is 5.85. The van der Waals surface area contributed by atoms with Crippen LogP contribution in [0.25, 0.3) is 0 Å². The molecule has 5 aliphatic rings. The lowest BCUT2D eigenvalue weighted by atomic mass is 9.35. The van der Waals surface area contributed by atoms with E-state index in [2.05, 4.69) is 60.6 Å². The maximum Gasteiger partial charge on any atom is 0.313 e. The molecule has 4 nitrogen and oxygen atoms in total. The Morgan fingerprint density at radius 3 is 2.32 bits per heavy atom. The summed E-state index contributed by atoms with van der Waals surface area (Å²) in [4.78, 5) is 25.6. The zero-order valence-corrected chi connectivity index (χ0v) is 22.3. The first-order chi connectivity index (χ1) is 15.6. The van der Waals surface area contributed by atoms with E-state index in [-0.39, 0.29) is 27.1 Å². The largest absolute Gasteiger partial charge is 0.481 e. The van der Waals surface area contributed by atoms with Crippen molar-refractivity contribution in [3.63, 3.8) is 0 Å². The van der Waals surface area contributed by atoms with Gasteiger partial charge >= 0.3 is 5.97 Å². The Bertz CT molecular complexity index is 1020. The highest BCUT2D eigenvalue weighted by Crippen LogP contribution is 2.73. The van der Waals surface area contributed by atoms with Gasteiger partial charge in [0.1, 0.15) is 5.78 Å². The van der Waals surface area contributed by atoms with Crippen LogP contribution in [0.4, 0.5) is 0 Å². The standard InChI is InChI=1S/C30H44O4/c1-25(2)16-19-18-8-9-21-27(5)12-11-22(31)26(3,4)20(27)10-13-29(21,7)28(18,6)14-15-30(19,24(33)34)17-23(25)32/h8-9,20-21,23,32H,10-17H2,1-7H3,(H,33,34)/t20-,21+,23+,27-,28+,29+,30+/m0/s1. The SMILES string of the molecule is CC1(C)CC2=C3C=C[C@@H]4[C@@]5(C)CCC(=O)C(C)(C)[C@@H]5CC[C@@]4(C)[C@]3(C)CC[C@@]2(C(=O)O)C[C@H]1O. The molecule has 0 aromatic carbocycles. The van der Waals surface area contributed by atoms with Crippen LogP contribution in [0.5, 0.6) is 0 Å². The molecular formula is C30H44O4. The van der Waals surface area contributed by atoms with E-state index in [9.17, 15) is 19.8 Å². The van der Waals surface area contributed by atoms with E-state index < -0.39 is 17.5 Å². The van der Waals surface area contributed by atoms with Crippen LogP contribution in [-0.4, -0.2) is 28.1 Å². The summed E-state index contributed by atoms with van der Waals surface area (Å²) < 4.78 is 0. The third-order valence-electron chi connectivity index (χ3n) is 12.4. The predicted octanol–water partition coefficient (Wildman–Crippen LogP) is 6.33. The third-order valence-corrected chi connectivity index (χ3v) is 12.4. The van der Waals surface area contributed by atoms with E-state index in [0.717, 1.165) is 31.3 Å².